The van der Waals surface area contributed by atoms with Gasteiger partial charge < -0.3 is 4.57 Å². The first kappa shape index (κ1) is 32.3. The van der Waals surface area contributed by atoms with E-state index >= 15 is 0 Å². The van der Waals surface area contributed by atoms with E-state index in [1.54, 1.807) is 0 Å². The minimum atomic E-state index is 0.698. The van der Waals surface area contributed by atoms with Gasteiger partial charge in [0.05, 0.1) is 22.4 Å². The number of fused-ring (bicyclic) bond motifs is 6. The molecule has 0 aliphatic heterocycles. The van der Waals surface area contributed by atoms with Crippen molar-refractivity contribution < 1.29 is 0 Å². The van der Waals surface area contributed by atoms with Crippen molar-refractivity contribution in [1.82, 2.24) is 14.5 Å². The quantitative estimate of drug-likeness (QED) is 0.170. The largest absolute Gasteiger partial charge is 0.309 e. The number of thiophene rings is 1. The lowest BCUT2D eigenvalue weighted by Gasteiger charge is -2.12. The minimum Gasteiger partial charge on any atom is -0.309 e. The van der Waals surface area contributed by atoms with Gasteiger partial charge >= 0.3 is 0 Å². The van der Waals surface area contributed by atoms with Gasteiger partial charge in [0.1, 0.15) is 0 Å². The smallest absolute Gasteiger partial charge is 0.160 e. The zero-order valence-electron chi connectivity index (χ0n) is 30.3. The topological polar surface area (TPSA) is 30.7 Å². The molecule has 3 nitrogen and oxygen atoms in total. The van der Waals surface area contributed by atoms with Crippen LogP contribution >= 0.6 is 11.3 Å². The van der Waals surface area contributed by atoms with Gasteiger partial charge in [-0.1, -0.05) is 152 Å². The number of rotatable bonds is 6. The average Bonchev–Trinajstić information content (AvgIpc) is 3.82. The van der Waals surface area contributed by atoms with Crippen LogP contribution in [0.3, 0.4) is 0 Å². The molecule has 0 saturated heterocycles. The van der Waals surface area contributed by atoms with Crippen molar-refractivity contribution in [3.63, 3.8) is 0 Å². The zero-order valence-corrected chi connectivity index (χ0v) is 31.1. The molecule has 0 aliphatic carbocycles. The molecule has 11 rings (SSSR count). The SMILES string of the molecule is c1ccc(-c2cccc(-c3cc(-c4ccccc4)nc(-c4ccc(-c5cccc6c5c5ccccc5n6-c5ccc6sc7ccccc7c6c5)cc4)n3)c2)cc1. The summed E-state index contributed by atoms with van der Waals surface area (Å²) in [5, 5.41) is 5.08. The summed E-state index contributed by atoms with van der Waals surface area (Å²) in [7, 11) is 0. The Bertz CT molecular complexity index is 3230. The Morgan fingerprint density at radius 2 is 0.964 bits per heavy atom. The van der Waals surface area contributed by atoms with Crippen LogP contribution in [0.4, 0.5) is 0 Å². The number of hydrogen-bond acceptors (Lipinski definition) is 3. The van der Waals surface area contributed by atoms with Crippen LogP contribution in [-0.2, 0) is 0 Å². The standard InChI is InChI=1S/C52H33N3S/c1-3-13-34(14-4-1)38-17-11-18-39(31-38)46-33-45(36-15-5-2-6-16-36)53-52(54-46)37-27-25-35(26-28-37)41-21-12-23-48-51(41)43-20-7-9-22-47(43)55(48)40-29-30-50-44(32-40)42-19-8-10-24-49(42)56-50/h1-33H. The molecule has 0 radical (unpaired) electrons. The van der Waals surface area contributed by atoms with Crippen LogP contribution in [-0.4, -0.2) is 14.5 Å². The Morgan fingerprint density at radius 1 is 0.357 bits per heavy atom. The first-order valence-electron chi connectivity index (χ1n) is 18.9. The van der Waals surface area contributed by atoms with Gasteiger partial charge in [0.15, 0.2) is 5.82 Å². The summed E-state index contributed by atoms with van der Waals surface area (Å²) in [6.07, 6.45) is 0. The summed E-state index contributed by atoms with van der Waals surface area (Å²) in [6.45, 7) is 0. The second-order valence-corrected chi connectivity index (χ2v) is 15.3. The van der Waals surface area contributed by atoms with E-state index in [4.69, 9.17) is 9.97 Å². The minimum absolute atomic E-state index is 0.698. The predicted octanol–water partition coefficient (Wildman–Crippen LogP) is 14.3. The molecule has 0 spiro atoms. The molecule has 0 aliphatic rings. The fourth-order valence-corrected chi connectivity index (χ4v) is 9.25. The predicted molar refractivity (Wildman–Crippen MR) is 236 cm³/mol. The fraction of sp³-hybridized carbons (Fsp3) is 0. The fourth-order valence-electron chi connectivity index (χ4n) is 8.16. The van der Waals surface area contributed by atoms with Gasteiger partial charge in [0, 0.05) is 53.3 Å². The van der Waals surface area contributed by atoms with Crippen LogP contribution in [0.15, 0.2) is 200 Å². The summed E-state index contributed by atoms with van der Waals surface area (Å²) in [6, 6.07) is 71.4. The summed E-state index contributed by atoms with van der Waals surface area (Å²) >= 11 is 1.85. The van der Waals surface area contributed by atoms with Gasteiger partial charge in [0.2, 0.25) is 0 Å². The molecule has 4 heteroatoms. The maximum absolute atomic E-state index is 5.19. The number of hydrogen-bond donors (Lipinski definition) is 0. The van der Waals surface area contributed by atoms with E-state index < -0.39 is 0 Å². The Balaban J connectivity index is 1.03. The van der Waals surface area contributed by atoms with E-state index in [9.17, 15) is 0 Å². The third kappa shape index (κ3) is 5.50. The molecule has 0 N–H and O–H groups in total. The van der Waals surface area contributed by atoms with Crippen LogP contribution in [0.25, 0.3) is 104 Å². The molecule has 0 bridgehead atoms. The van der Waals surface area contributed by atoms with Gasteiger partial charge in [-0.05, 0) is 70.8 Å². The highest BCUT2D eigenvalue weighted by Crippen LogP contribution is 2.41. The Morgan fingerprint density at radius 3 is 1.79 bits per heavy atom. The van der Waals surface area contributed by atoms with E-state index in [1.807, 2.05) is 23.5 Å². The third-order valence-corrected chi connectivity index (χ3v) is 12.0. The van der Waals surface area contributed by atoms with Crippen molar-refractivity contribution in [3.05, 3.63) is 200 Å². The molecule has 262 valence electrons. The Kier molecular flexibility index (Phi) is 7.68. The molecule has 3 aromatic heterocycles. The van der Waals surface area contributed by atoms with E-state index in [-0.39, 0.29) is 0 Å². The lowest BCUT2D eigenvalue weighted by atomic mass is 9.98. The van der Waals surface area contributed by atoms with Crippen molar-refractivity contribution in [2.75, 3.05) is 0 Å². The lowest BCUT2D eigenvalue weighted by Crippen LogP contribution is -1.96. The van der Waals surface area contributed by atoms with Gasteiger partial charge in [-0.3, -0.25) is 0 Å². The molecule has 3 heterocycles. The normalized spacial score (nSPS) is 11.6. The van der Waals surface area contributed by atoms with Crippen LogP contribution in [0.5, 0.6) is 0 Å². The highest BCUT2D eigenvalue weighted by molar-refractivity contribution is 7.25. The van der Waals surface area contributed by atoms with Crippen LogP contribution in [0, 0.1) is 0 Å². The van der Waals surface area contributed by atoms with E-state index in [0.29, 0.717) is 5.82 Å². The molecular formula is C52H33N3S. The molecular weight excluding hydrogens is 699 g/mol. The summed E-state index contributed by atoms with van der Waals surface area (Å²) in [5.74, 6) is 0.698. The zero-order chi connectivity index (χ0) is 37.0. The number of aromatic nitrogens is 3. The van der Waals surface area contributed by atoms with Gasteiger partial charge in [-0.25, -0.2) is 9.97 Å². The third-order valence-electron chi connectivity index (χ3n) is 10.8. The maximum Gasteiger partial charge on any atom is 0.160 e. The van der Waals surface area contributed by atoms with Crippen molar-refractivity contribution in [2.24, 2.45) is 0 Å². The van der Waals surface area contributed by atoms with Gasteiger partial charge in [-0.2, -0.15) is 0 Å². The van der Waals surface area contributed by atoms with E-state index in [1.165, 1.54) is 58.8 Å². The van der Waals surface area contributed by atoms with Gasteiger partial charge in [0.25, 0.3) is 0 Å². The summed E-state index contributed by atoms with van der Waals surface area (Å²) in [5.41, 5.74) is 13.1. The molecule has 0 unspecified atom stereocenters. The Labute approximate surface area is 328 Å². The van der Waals surface area contributed by atoms with Crippen LogP contribution in [0.1, 0.15) is 0 Å². The highest BCUT2D eigenvalue weighted by atomic mass is 32.1. The summed E-state index contributed by atoms with van der Waals surface area (Å²) < 4.78 is 5.05. The molecule has 0 fully saturated rings. The van der Waals surface area contributed by atoms with Crippen molar-refractivity contribution in [2.45, 2.75) is 0 Å². The van der Waals surface area contributed by atoms with Crippen molar-refractivity contribution >= 4 is 53.3 Å². The van der Waals surface area contributed by atoms with Gasteiger partial charge in [-0.15, -0.1) is 11.3 Å². The van der Waals surface area contributed by atoms with Crippen LogP contribution < -0.4 is 0 Å². The molecule has 0 amide bonds. The molecule has 11 aromatic rings. The maximum atomic E-state index is 5.19. The summed E-state index contributed by atoms with van der Waals surface area (Å²) in [4.78, 5) is 10.3. The first-order valence-corrected chi connectivity index (χ1v) is 19.7. The average molecular weight is 732 g/mol. The molecule has 56 heavy (non-hydrogen) atoms. The first-order chi connectivity index (χ1) is 27.7. The second-order valence-electron chi connectivity index (χ2n) is 14.2. The van der Waals surface area contributed by atoms with Crippen molar-refractivity contribution in [3.8, 4) is 61.8 Å². The van der Waals surface area contributed by atoms with E-state index in [2.05, 4.69) is 193 Å². The molecule has 8 aromatic carbocycles. The molecule has 0 saturated carbocycles. The number of benzene rings is 8. The number of nitrogens with zero attached hydrogens (tertiary/aromatic N) is 3. The molecule has 0 atom stereocenters. The number of para-hydroxylation sites is 1. The van der Waals surface area contributed by atoms with Crippen molar-refractivity contribution in [1.29, 1.82) is 0 Å². The van der Waals surface area contributed by atoms with Crippen LogP contribution in [0.2, 0.25) is 0 Å². The highest BCUT2D eigenvalue weighted by Gasteiger charge is 2.18. The Hall–Kier alpha value is -7.14. The van der Waals surface area contributed by atoms with E-state index in [0.717, 1.165) is 39.2 Å². The lowest BCUT2D eigenvalue weighted by molar-refractivity contribution is 1.18. The monoisotopic (exact) mass is 731 g/mol. The second kappa shape index (κ2) is 13.3.